The minimum atomic E-state index is 0.765. The summed E-state index contributed by atoms with van der Waals surface area (Å²) in [5.74, 6) is 1.85. The number of nitrogens with two attached hydrogens (primary N) is 1. The van der Waals surface area contributed by atoms with Crippen molar-refractivity contribution in [3.05, 3.63) is 17.7 Å². The van der Waals surface area contributed by atoms with Gasteiger partial charge < -0.3 is 10.3 Å². The summed E-state index contributed by atoms with van der Waals surface area (Å²) in [6, 6.07) is 0. The van der Waals surface area contributed by atoms with Crippen molar-refractivity contribution in [1.29, 1.82) is 0 Å². The van der Waals surface area contributed by atoms with Gasteiger partial charge in [-0.05, 0) is 19.8 Å². The Kier molecular flexibility index (Phi) is 3.93. The van der Waals surface area contributed by atoms with E-state index in [0.717, 1.165) is 54.4 Å². The molecule has 5 nitrogen and oxygen atoms in total. The third-order valence-corrected chi connectivity index (χ3v) is 3.50. The van der Waals surface area contributed by atoms with E-state index >= 15 is 0 Å². The quantitative estimate of drug-likeness (QED) is 0.899. The standard InChI is InChI=1S/C14H23N5/c1-5-7-12-17-13(14(15)19(12)8-6-2)11-9-16-18(4)10(11)3/h9H,5-8,15H2,1-4H3. The van der Waals surface area contributed by atoms with Gasteiger partial charge in [-0.15, -0.1) is 0 Å². The van der Waals surface area contributed by atoms with Gasteiger partial charge in [-0.2, -0.15) is 5.10 Å². The maximum absolute atomic E-state index is 6.29. The zero-order chi connectivity index (χ0) is 14.0. The summed E-state index contributed by atoms with van der Waals surface area (Å²) in [4.78, 5) is 4.75. The summed E-state index contributed by atoms with van der Waals surface area (Å²) >= 11 is 0. The van der Waals surface area contributed by atoms with Crippen molar-refractivity contribution in [1.82, 2.24) is 19.3 Å². The number of imidazole rings is 1. The van der Waals surface area contributed by atoms with Crippen molar-refractivity contribution < 1.29 is 0 Å². The predicted molar refractivity (Wildman–Crippen MR) is 77.9 cm³/mol. The molecule has 0 saturated heterocycles. The normalized spacial score (nSPS) is 11.2. The first-order valence-corrected chi connectivity index (χ1v) is 6.93. The van der Waals surface area contributed by atoms with Crippen LogP contribution in [0, 0.1) is 6.92 Å². The van der Waals surface area contributed by atoms with Crippen LogP contribution in [0.25, 0.3) is 11.3 Å². The molecule has 0 aliphatic carbocycles. The van der Waals surface area contributed by atoms with Crippen molar-refractivity contribution in [2.24, 2.45) is 7.05 Å². The van der Waals surface area contributed by atoms with Crippen LogP contribution >= 0.6 is 0 Å². The van der Waals surface area contributed by atoms with Crippen molar-refractivity contribution in [3.8, 4) is 11.3 Å². The van der Waals surface area contributed by atoms with Gasteiger partial charge in [0, 0.05) is 31.3 Å². The number of nitrogens with zero attached hydrogens (tertiary/aromatic N) is 4. The Hall–Kier alpha value is -1.78. The zero-order valence-corrected chi connectivity index (χ0v) is 12.3. The summed E-state index contributed by atoms with van der Waals surface area (Å²) in [6.07, 6.45) is 4.94. The summed E-state index contributed by atoms with van der Waals surface area (Å²) in [6.45, 7) is 7.29. The first-order chi connectivity index (χ1) is 9.10. The Morgan fingerprint density at radius 1 is 1.26 bits per heavy atom. The molecule has 0 spiro atoms. The van der Waals surface area contributed by atoms with Gasteiger partial charge in [0.15, 0.2) is 0 Å². The van der Waals surface area contributed by atoms with Crippen LogP contribution in [-0.4, -0.2) is 19.3 Å². The Morgan fingerprint density at radius 2 is 2.00 bits per heavy atom. The highest BCUT2D eigenvalue weighted by Crippen LogP contribution is 2.29. The maximum Gasteiger partial charge on any atom is 0.131 e. The maximum atomic E-state index is 6.29. The first kappa shape index (κ1) is 13.6. The first-order valence-electron chi connectivity index (χ1n) is 6.93. The highest BCUT2D eigenvalue weighted by atomic mass is 15.3. The van der Waals surface area contributed by atoms with E-state index in [2.05, 4.69) is 23.5 Å². The van der Waals surface area contributed by atoms with Crippen LogP contribution in [0.15, 0.2) is 6.20 Å². The van der Waals surface area contributed by atoms with Gasteiger partial charge in [-0.25, -0.2) is 4.98 Å². The summed E-state index contributed by atoms with van der Waals surface area (Å²) in [5.41, 5.74) is 9.30. The third kappa shape index (κ3) is 2.37. The van der Waals surface area contributed by atoms with E-state index in [-0.39, 0.29) is 0 Å². The largest absolute Gasteiger partial charge is 0.383 e. The fraction of sp³-hybridized carbons (Fsp3) is 0.571. The molecule has 0 bridgehead atoms. The fourth-order valence-corrected chi connectivity index (χ4v) is 2.33. The van der Waals surface area contributed by atoms with E-state index in [1.165, 1.54) is 0 Å². The Balaban J connectivity index is 2.52. The number of aromatic nitrogens is 4. The van der Waals surface area contributed by atoms with Gasteiger partial charge in [0.05, 0.1) is 6.20 Å². The number of anilines is 1. The second kappa shape index (κ2) is 5.47. The van der Waals surface area contributed by atoms with Crippen molar-refractivity contribution >= 4 is 5.82 Å². The monoisotopic (exact) mass is 261 g/mol. The van der Waals surface area contributed by atoms with Crippen molar-refractivity contribution in [2.45, 2.75) is 46.6 Å². The molecule has 19 heavy (non-hydrogen) atoms. The van der Waals surface area contributed by atoms with Gasteiger partial charge in [-0.1, -0.05) is 13.8 Å². The number of hydrogen-bond acceptors (Lipinski definition) is 3. The van der Waals surface area contributed by atoms with Crippen LogP contribution in [-0.2, 0) is 20.0 Å². The van der Waals surface area contributed by atoms with Crippen LogP contribution in [0.3, 0.4) is 0 Å². The lowest BCUT2D eigenvalue weighted by Crippen LogP contribution is -2.06. The van der Waals surface area contributed by atoms with Gasteiger partial charge in [0.1, 0.15) is 17.3 Å². The van der Waals surface area contributed by atoms with Crippen LogP contribution in [0.4, 0.5) is 5.82 Å². The molecule has 104 valence electrons. The zero-order valence-electron chi connectivity index (χ0n) is 12.3. The summed E-state index contributed by atoms with van der Waals surface area (Å²) in [7, 11) is 1.94. The van der Waals surface area contributed by atoms with Gasteiger partial charge in [0.2, 0.25) is 0 Å². The van der Waals surface area contributed by atoms with Crippen LogP contribution in [0.1, 0.15) is 38.2 Å². The molecule has 0 amide bonds. The molecule has 2 N–H and O–H groups in total. The minimum absolute atomic E-state index is 0.765. The summed E-state index contributed by atoms with van der Waals surface area (Å²) in [5, 5.41) is 4.28. The van der Waals surface area contributed by atoms with Gasteiger partial charge in [0.25, 0.3) is 0 Å². The van der Waals surface area contributed by atoms with E-state index in [0.29, 0.717) is 0 Å². The van der Waals surface area contributed by atoms with E-state index < -0.39 is 0 Å². The van der Waals surface area contributed by atoms with Crippen molar-refractivity contribution in [2.75, 3.05) is 5.73 Å². The highest BCUT2D eigenvalue weighted by molar-refractivity contribution is 5.72. The molecule has 5 heteroatoms. The molecule has 0 aliphatic rings. The number of hydrogen-bond donors (Lipinski definition) is 1. The van der Waals surface area contributed by atoms with E-state index in [4.69, 9.17) is 10.7 Å². The second-order valence-corrected chi connectivity index (χ2v) is 4.93. The SMILES string of the molecule is CCCc1nc(-c2cnn(C)c2C)c(N)n1CCC. The number of rotatable bonds is 5. The molecule has 2 rings (SSSR count). The minimum Gasteiger partial charge on any atom is -0.383 e. The molecule has 0 saturated carbocycles. The number of nitrogen functional groups attached to an aromatic ring is 1. The molecular formula is C14H23N5. The fourth-order valence-electron chi connectivity index (χ4n) is 2.33. The van der Waals surface area contributed by atoms with Crippen LogP contribution < -0.4 is 5.73 Å². The van der Waals surface area contributed by atoms with E-state index in [1.807, 2.05) is 24.9 Å². The van der Waals surface area contributed by atoms with E-state index in [1.54, 1.807) is 0 Å². The third-order valence-electron chi connectivity index (χ3n) is 3.50. The average Bonchev–Trinajstić information content (AvgIpc) is 2.86. The number of aryl methyl sites for hydroxylation is 2. The van der Waals surface area contributed by atoms with Crippen molar-refractivity contribution in [3.63, 3.8) is 0 Å². The smallest absolute Gasteiger partial charge is 0.131 e. The Bertz CT molecular complexity index is 565. The molecule has 0 unspecified atom stereocenters. The van der Waals surface area contributed by atoms with Gasteiger partial charge in [-0.3, -0.25) is 4.68 Å². The second-order valence-electron chi connectivity index (χ2n) is 4.93. The average molecular weight is 261 g/mol. The predicted octanol–water partition coefficient (Wildman–Crippen LogP) is 2.54. The lowest BCUT2D eigenvalue weighted by Gasteiger charge is -2.07. The van der Waals surface area contributed by atoms with Crippen LogP contribution in [0.5, 0.6) is 0 Å². The molecule has 0 fully saturated rings. The molecule has 2 aromatic rings. The molecular weight excluding hydrogens is 238 g/mol. The lowest BCUT2D eigenvalue weighted by molar-refractivity contribution is 0.637. The Morgan fingerprint density at radius 3 is 2.53 bits per heavy atom. The topological polar surface area (TPSA) is 61.7 Å². The van der Waals surface area contributed by atoms with E-state index in [9.17, 15) is 0 Å². The van der Waals surface area contributed by atoms with Gasteiger partial charge >= 0.3 is 0 Å². The molecule has 0 aliphatic heterocycles. The Labute approximate surface area is 114 Å². The highest BCUT2D eigenvalue weighted by Gasteiger charge is 2.18. The summed E-state index contributed by atoms with van der Waals surface area (Å²) < 4.78 is 4.00. The molecule has 0 radical (unpaired) electrons. The molecule has 2 heterocycles. The lowest BCUT2D eigenvalue weighted by atomic mass is 10.2. The molecule has 2 aromatic heterocycles. The van der Waals surface area contributed by atoms with Crippen LogP contribution in [0.2, 0.25) is 0 Å². The molecule has 0 aromatic carbocycles. The molecule has 0 atom stereocenters.